The monoisotopic (exact) mass is 1000 g/mol. The molecule has 1 spiro atoms. The molecular formula is C53H66F4N6O7Si. The second-order valence-electron chi connectivity index (χ2n) is 22.9. The Morgan fingerprint density at radius 2 is 1.65 bits per heavy atom. The van der Waals surface area contributed by atoms with Gasteiger partial charge < -0.3 is 23.8 Å². The molecule has 18 heteroatoms. The fourth-order valence-corrected chi connectivity index (χ4v) is 18.6. The molecule has 9 rings (SSSR count). The minimum Gasteiger partial charge on any atom is -0.468 e. The number of nitro benzene ring substituents is 1. The molecule has 2 bridgehead atoms. The molecule has 5 fully saturated rings. The van der Waals surface area contributed by atoms with Gasteiger partial charge in [0.15, 0.2) is 12.6 Å². The number of hydrogen-bond donors (Lipinski definition) is 0. The normalized spacial score (nSPS) is 22.7. The van der Waals surface area contributed by atoms with E-state index in [4.69, 9.17) is 28.9 Å². The Bertz CT molecular complexity index is 2800. The van der Waals surface area contributed by atoms with Crippen LogP contribution in [0.15, 0.2) is 30.3 Å². The van der Waals surface area contributed by atoms with Crippen LogP contribution in [-0.4, -0.2) is 115 Å². The van der Waals surface area contributed by atoms with Crippen molar-refractivity contribution >= 4 is 47.3 Å². The molecule has 3 atom stereocenters. The van der Waals surface area contributed by atoms with E-state index in [-0.39, 0.29) is 113 Å². The van der Waals surface area contributed by atoms with E-state index in [1.807, 2.05) is 4.90 Å². The molecule has 1 aliphatic carbocycles. The Kier molecular flexibility index (Phi) is 13.1. The highest BCUT2D eigenvalue weighted by Crippen LogP contribution is 2.62. The second-order valence-corrected chi connectivity index (χ2v) is 28.4. The Balaban J connectivity index is 1.24. The van der Waals surface area contributed by atoms with Crippen LogP contribution < -0.4 is 14.4 Å². The number of alkyl halides is 2. The van der Waals surface area contributed by atoms with Gasteiger partial charge in [-0.3, -0.25) is 19.9 Å². The molecule has 1 amide bonds. The van der Waals surface area contributed by atoms with E-state index >= 15 is 8.78 Å². The zero-order valence-electron chi connectivity index (χ0n) is 42.5. The van der Waals surface area contributed by atoms with E-state index in [1.165, 1.54) is 31.4 Å². The molecule has 1 saturated carbocycles. The fourth-order valence-electron chi connectivity index (χ4n) is 13.4. The molecule has 382 valence electrons. The first kappa shape index (κ1) is 50.7. The van der Waals surface area contributed by atoms with Crippen molar-refractivity contribution < 1.29 is 46.2 Å². The minimum atomic E-state index is -2.70. The van der Waals surface area contributed by atoms with Gasteiger partial charge in [-0.15, -0.1) is 5.54 Å². The number of nitrogens with zero attached hydrogens (tertiary/aromatic N) is 6. The molecule has 3 aromatic carbocycles. The lowest BCUT2D eigenvalue weighted by atomic mass is 9.63. The van der Waals surface area contributed by atoms with Crippen LogP contribution in [0.2, 0.25) is 16.6 Å². The maximum atomic E-state index is 18.4. The van der Waals surface area contributed by atoms with Crippen molar-refractivity contribution in [1.29, 1.82) is 0 Å². The summed E-state index contributed by atoms with van der Waals surface area (Å²) in [4.78, 5) is 41.9. The Hall–Kier alpha value is -5.25. The smallest absolute Gasteiger partial charge is 0.410 e. The van der Waals surface area contributed by atoms with E-state index in [9.17, 15) is 23.7 Å². The lowest BCUT2D eigenvalue weighted by Crippen LogP contribution is -2.57. The van der Waals surface area contributed by atoms with Gasteiger partial charge in [-0.05, 0) is 105 Å². The number of nitro groups is 1. The van der Waals surface area contributed by atoms with Gasteiger partial charge in [0.1, 0.15) is 43.2 Å². The predicted molar refractivity (Wildman–Crippen MR) is 267 cm³/mol. The van der Waals surface area contributed by atoms with E-state index in [1.54, 1.807) is 31.7 Å². The maximum absolute atomic E-state index is 18.4. The van der Waals surface area contributed by atoms with Crippen molar-refractivity contribution in [2.75, 3.05) is 51.6 Å². The lowest BCUT2D eigenvalue weighted by molar-refractivity contribution is -0.384. The number of benzene rings is 3. The summed E-state index contributed by atoms with van der Waals surface area (Å²) in [6.45, 7) is 19.9. The molecule has 4 aromatic rings. The van der Waals surface area contributed by atoms with Gasteiger partial charge in [0.25, 0.3) is 5.69 Å². The summed E-state index contributed by atoms with van der Waals surface area (Å²) in [5, 5.41) is 14.1. The van der Waals surface area contributed by atoms with Gasteiger partial charge in [-0.2, -0.15) is 9.97 Å². The third kappa shape index (κ3) is 9.06. The van der Waals surface area contributed by atoms with Crippen LogP contribution in [0.4, 0.5) is 33.9 Å². The van der Waals surface area contributed by atoms with E-state index in [0.717, 1.165) is 13.0 Å². The van der Waals surface area contributed by atoms with Crippen molar-refractivity contribution in [3.05, 3.63) is 57.6 Å². The van der Waals surface area contributed by atoms with Gasteiger partial charge in [0.2, 0.25) is 5.92 Å². The molecule has 4 saturated heterocycles. The quantitative estimate of drug-likeness (QED) is 0.0335. The van der Waals surface area contributed by atoms with Crippen molar-refractivity contribution in [1.82, 2.24) is 19.8 Å². The van der Waals surface area contributed by atoms with Crippen molar-refractivity contribution in [3.63, 3.8) is 0 Å². The number of ether oxygens (including phenoxy) is 4. The lowest BCUT2D eigenvalue weighted by Gasteiger charge is -2.45. The first-order valence-corrected chi connectivity index (χ1v) is 27.3. The summed E-state index contributed by atoms with van der Waals surface area (Å²) in [6.07, 6.45) is 2.61. The van der Waals surface area contributed by atoms with Crippen LogP contribution >= 0.6 is 0 Å². The van der Waals surface area contributed by atoms with E-state index < -0.39 is 64.5 Å². The minimum absolute atomic E-state index is 0.0203. The van der Waals surface area contributed by atoms with Crippen LogP contribution in [0.1, 0.15) is 113 Å². The summed E-state index contributed by atoms with van der Waals surface area (Å²) < 4.78 is 87.2. The SMILES string of the molecule is COCOc1cc(-c2c([N+](=O)[O-])cc3c(N4C[C@H]5CC[C@@H](C4)N5C(=O)OC(C)(C)C)nc(OCC45CCCN4CC4(CC(F)(F)C4)C5)nc3c2F)c2c(C#C[Si](C(C)C)(C(C)C)C(C)C)c(F)ccc2c1. The molecule has 1 aromatic heterocycles. The Morgan fingerprint density at radius 1 is 0.972 bits per heavy atom. The number of anilines is 1. The van der Waals surface area contributed by atoms with Crippen LogP contribution in [0.5, 0.6) is 11.8 Å². The van der Waals surface area contributed by atoms with Crippen LogP contribution in [-0.2, 0) is 9.47 Å². The standard InChI is InChI=1S/C53H66F4N6O7Si/c1-31(2)71(32(3)4,33(5)6)19-16-38-41(54)15-12-34-20-37(69-30-67-10)21-39(43(34)38)44-42(63(65)66)22-40-46(45(44)55)58-48(68-29-52-17-11-18-61(52)28-51(25-52)26-53(56,57)27-51)59-47(40)60-23-35-13-14-36(24-60)62(35)49(64)70-50(7,8)9/h12,15,20-22,31-33,35-36H,11,13-14,17-18,23-30H2,1-10H3/t35-,36+,52?. The number of aromatic nitrogens is 2. The number of carbonyl (C=O) groups excluding carboxylic acids is 1. The second kappa shape index (κ2) is 18.3. The number of hydrogen-bond acceptors (Lipinski definition) is 11. The highest BCUT2D eigenvalue weighted by molar-refractivity contribution is 6.90. The molecule has 0 N–H and O–H groups in total. The molecule has 4 aliphatic heterocycles. The third-order valence-electron chi connectivity index (χ3n) is 16.1. The van der Waals surface area contributed by atoms with Crippen molar-refractivity contribution in [3.8, 4) is 34.4 Å². The number of halogens is 4. The molecule has 1 unspecified atom stereocenters. The van der Waals surface area contributed by atoms with Gasteiger partial charge in [-0.25, -0.2) is 22.4 Å². The number of methoxy groups -OCH3 is 1. The van der Waals surface area contributed by atoms with Crippen LogP contribution in [0.3, 0.4) is 0 Å². The third-order valence-corrected chi connectivity index (χ3v) is 22.4. The van der Waals surface area contributed by atoms with E-state index in [0.29, 0.717) is 37.6 Å². The van der Waals surface area contributed by atoms with Crippen molar-refractivity contribution in [2.45, 2.75) is 153 Å². The number of amides is 1. The van der Waals surface area contributed by atoms with Crippen molar-refractivity contribution in [2.24, 2.45) is 5.41 Å². The number of carbonyl (C=O) groups is 1. The summed E-state index contributed by atoms with van der Waals surface area (Å²) in [5.41, 5.74) is 0.986. The molecular weight excluding hydrogens is 937 g/mol. The Morgan fingerprint density at radius 3 is 2.25 bits per heavy atom. The highest BCUT2D eigenvalue weighted by Gasteiger charge is 2.65. The summed E-state index contributed by atoms with van der Waals surface area (Å²) in [7, 11) is -1.03. The zero-order chi connectivity index (χ0) is 51.2. The summed E-state index contributed by atoms with van der Waals surface area (Å²) in [6, 6.07) is 6.35. The average Bonchev–Trinajstić information content (AvgIpc) is 3.89. The first-order chi connectivity index (χ1) is 33.4. The number of rotatable bonds is 12. The molecule has 0 radical (unpaired) electrons. The molecule has 5 heterocycles. The number of piperazine rings is 1. The zero-order valence-corrected chi connectivity index (χ0v) is 43.5. The summed E-state index contributed by atoms with van der Waals surface area (Å²) in [5.74, 6) is -0.830. The largest absolute Gasteiger partial charge is 0.468 e. The molecule has 5 aliphatic rings. The van der Waals surface area contributed by atoms with Gasteiger partial charge in [0, 0.05) is 56.6 Å². The molecule has 13 nitrogen and oxygen atoms in total. The van der Waals surface area contributed by atoms with Gasteiger partial charge >= 0.3 is 12.1 Å². The first-order valence-electron chi connectivity index (χ1n) is 25.0. The van der Waals surface area contributed by atoms with Gasteiger partial charge in [0.05, 0.1) is 39.1 Å². The van der Waals surface area contributed by atoms with E-state index in [2.05, 4.69) is 57.9 Å². The van der Waals surface area contributed by atoms with Crippen LogP contribution in [0.25, 0.3) is 32.8 Å². The maximum Gasteiger partial charge on any atom is 0.410 e. The Labute approximate surface area is 414 Å². The molecule has 71 heavy (non-hydrogen) atoms. The highest BCUT2D eigenvalue weighted by atomic mass is 28.3. The summed E-state index contributed by atoms with van der Waals surface area (Å²) >= 11 is 0. The predicted octanol–water partition coefficient (Wildman–Crippen LogP) is 11.8. The number of fused-ring (bicyclic) bond motifs is 5. The fraction of sp³-hybridized carbons (Fsp3) is 0.604. The van der Waals surface area contributed by atoms with Gasteiger partial charge in [-0.1, -0.05) is 53.5 Å². The average molecular weight is 1000 g/mol. The topological polar surface area (TPSA) is 133 Å². The van der Waals surface area contributed by atoms with Crippen LogP contribution in [0, 0.1) is 38.6 Å².